The van der Waals surface area contributed by atoms with Crippen LogP contribution in [-0.2, 0) is 22.4 Å². The van der Waals surface area contributed by atoms with E-state index < -0.39 is 0 Å². The first kappa shape index (κ1) is 27.2. The van der Waals surface area contributed by atoms with E-state index in [9.17, 15) is 0 Å². The maximum absolute atomic E-state index is 5.57. The van der Waals surface area contributed by atoms with Gasteiger partial charge in [0.15, 0.2) is 11.5 Å². The van der Waals surface area contributed by atoms with Crippen LogP contribution in [0.5, 0.6) is 17.2 Å². The van der Waals surface area contributed by atoms with Crippen molar-refractivity contribution >= 4 is 17.8 Å². The third-order valence-corrected chi connectivity index (χ3v) is 5.54. The molecule has 0 spiro atoms. The summed E-state index contributed by atoms with van der Waals surface area (Å²) in [5, 5.41) is 9.77. The number of nitrogens with two attached hydrogens (primary N) is 1. The van der Waals surface area contributed by atoms with Gasteiger partial charge >= 0.3 is 0 Å². The molecule has 0 radical (unpaired) electrons. The number of methoxy groups -OCH3 is 1. The largest absolute Gasteiger partial charge is 0.497 e. The lowest BCUT2D eigenvalue weighted by molar-refractivity contribution is 0.0547. The highest BCUT2D eigenvalue weighted by molar-refractivity contribution is 5.46. The van der Waals surface area contributed by atoms with E-state index in [1.54, 1.807) is 7.11 Å². The van der Waals surface area contributed by atoms with E-state index >= 15 is 0 Å². The first-order valence-corrected chi connectivity index (χ1v) is 12.6. The first-order valence-electron chi connectivity index (χ1n) is 12.6. The molecule has 12 nitrogen and oxygen atoms in total. The molecule has 0 saturated heterocycles. The zero-order valence-corrected chi connectivity index (χ0v) is 21.6. The van der Waals surface area contributed by atoms with Crippen molar-refractivity contribution in [3.8, 4) is 17.2 Å². The average Bonchev–Trinajstić information content (AvgIpc) is 3.42. The van der Waals surface area contributed by atoms with Crippen LogP contribution in [0.3, 0.4) is 0 Å². The molecule has 2 aromatic carbocycles. The van der Waals surface area contributed by atoms with Gasteiger partial charge in [0.1, 0.15) is 5.75 Å². The lowest BCUT2D eigenvalue weighted by atomic mass is 10.1. The molecular formula is C26H35N7O5. The Bertz CT molecular complexity index is 1130. The highest BCUT2D eigenvalue weighted by Crippen LogP contribution is 2.32. The van der Waals surface area contributed by atoms with Gasteiger partial charge in [0.05, 0.1) is 33.5 Å². The number of fused-ring (bicyclic) bond motifs is 1. The fraction of sp³-hybridized carbons (Fsp3) is 0.423. The number of ether oxygens (including phenoxy) is 5. The molecule has 0 aliphatic carbocycles. The Kier molecular flexibility index (Phi) is 10.6. The summed E-state index contributed by atoms with van der Waals surface area (Å²) in [6.45, 7) is 4.47. The molecule has 4 rings (SSSR count). The minimum Gasteiger partial charge on any atom is -0.497 e. The van der Waals surface area contributed by atoms with Crippen LogP contribution in [0.4, 0.5) is 17.8 Å². The third kappa shape index (κ3) is 8.61. The van der Waals surface area contributed by atoms with Crippen molar-refractivity contribution < 1.29 is 23.7 Å². The number of hydrogen-bond acceptors (Lipinski definition) is 12. The summed E-state index contributed by atoms with van der Waals surface area (Å²) in [6.07, 6.45) is 0.804. The monoisotopic (exact) mass is 525 g/mol. The van der Waals surface area contributed by atoms with Gasteiger partial charge in [-0.15, -0.1) is 0 Å². The van der Waals surface area contributed by atoms with Gasteiger partial charge in [0.2, 0.25) is 24.6 Å². The SMILES string of the molecule is COc1ccc(CCNc2nc(NCCOCCOCCN)nc(NCc3ccc4c(c3)OCO4)n2)cc1. The van der Waals surface area contributed by atoms with Crippen LogP contribution in [0.1, 0.15) is 11.1 Å². The second kappa shape index (κ2) is 14.8. The maximum atomic E-state index is 5.57. The normalized spacial score (nSPS) is 11.8. The molecule has 1 aliphatic heterocycles. The molecule has 2 heterocycles. The van der Waals surface area contributed by atoms with Crippen molar-refractivity contribution in [2.45, 2.75) is 13.0 Å². The highest BCUT2D eigenvalue weighted by Gasteiger charge is 2.13. The Morgan fingerprint density at radius 3 is 2.16 bits per heavy atom. The van der Waals surface area contributed by atoms with Crippen LogP contribution in [0.2, 0.25) is 0 Å². The maximum Gasteiger partial charge on any atom is 0.231 e. The number of rotatable bonds is 17. The molecule has 204 valence electrons. The van der Waals surface area contributed by atoms with Crippen LogP contribution in [-0.4, -0.2) is 74.9 Å². The topological polar surface area (TPSA) is 147 Å². The Morgan fingerprint density at radius 1 is 0.763 bits per heavy atom. The number of hydrogen-bond donors (Lipinski definition) is 4. The number of aromatic nitrogens is 3. The van der Waals surface area contributed by atoms with E-state index in [1.807, 2.05) is 42.5 Å². The molecule has 0 unspecified atom stereocenters. The molecular weight excluding hydrogens is 490 g/mol. The minimum atomic E-state index is 0.241. The predicted octanol–water partition coefficient (Wildman–Crippen LogP) is 2.28. The van der Waals surface area contributed by atoms with Gasteiger partial charge < -0.3 is 45.4 Å². The van der Waals surface area contributed by atoms with E-state index in [-0.39, 0.29) is 6.79 Å². The quantitative estimate of drug-likeness (QED) is 0.192. The second-order valence-electron chi connectivity index (χ2n) is 8.31. The zero-order valence-electron chi connectivity index (χ0n) is 21.6. The summed E-state index contributed by atoms with van der Waals surface area (Å²) in [5.41, 5.74) is 7.60. The van der Waals surface area contributed by atoms with Gasteiger partial charge in [0, 0.05) is 26.2 Å². The van der Waals surface area contributed by atoms with Gasteiger partial charge in [-0.3, -0.25) is 0 Å². The summed E-state index contributed by atoms with van der Waals surface area (Å²) in [6, 6.07) is 13.8. The molecule has 0 atom stereocenters. The molecule has 3 aromatic rings. The average molecular weight is 526 g/mol. The van der Waals surface area contributed by atoms with E-state index in [0.29, 0.717) is 70.5 Å². The van der Waals surface area contributed by atoms with Crippen molar-refractivity contribution in [2.75, 3.05) is 75.9 Å². The number of anilines is 3. The molecule has 1 aliphatic rings. The fourth-order valence-corrected chi connectivity index (χ4v) is 3.60. The van der Waals surface area contributed by atoms with Gasteiger partial charge in [-0.25, -0.2) is 0 Å². The van der Waals surface area contributed by atoms with E-state index in [2.05, 4.69) is 30.9 Å². The molecule has 0 fully saturated rings. The van der Waals surface area contributed by atoms with Crippen molar-refractivity contribution in [1.82, 2.24) is 15.0 Å². The Morgan fingerprint density at radius 2 is 1.42 bits per heavy atom. The number of benzene rings is 2. The second-order valence-corrected chi connectivity index (χ2v) is 8.31. The van der Waals surface area contributed by atoms with E-state index in [0.717, 1.165) is 29.2 Å². The molecule has 0 saturated carbocycles. The summed E-state index contributed by atoms with van der Waals surface area (Å²) >= 11 is 0. The van der Waals surface area contributed by atoms with E-state index in [4.69, 9.17) is 29.4 Å². The third-order valence-electron chi connectivity index (χ3n) is 5.54. The van der Waals surface area contributed by atoms with Crippen molar-refractivity contribution in [2.24, 2.45) is 5.73 Å². The summed E-state index contributed by atoms with van der Waals surface area (Å²) in [4.78, 5) is 13.6. The Balaban J connectivity index is 1.33. The lowest BCUT2D eigenvalue weighted by Gasteiger charge is -2.12. The van der Waals surface area contributed by atoms with Gasteiger partial charge in [-0.05, 0) is 41.8 Å². The van der Waals surface area contributed by atoms with Gasteiger partial charge in [0.25, 0.3) is 0 Å². The first-order chi connectivity index (χ1) is 18.7. The number of nitrogens with one attached hydrogen (secondary N) is 3. The molecule has 12 heteroatoms. The van der Waals surface area contributed by atoms with Crippen LogP contribution in [0.15, 0.2) is 42.5 Å². The summed E-state index contributed by atoms with van der Waals surface area (Å²) < 4.78 is 27.0. The highest BCUT2D eigenvalue weighted by atomic mass is 16.7. The van der Waals surface area contributed by atoms with E-state index in [1.165, 1.54) is 5.56 Å². The molecule has 5 N–H and O–H groups in total. The van der Waals surface area contributed by atoms with Gasteiger partial charge in [-0.2, -0.15) is 15.0 Å². The van der Waals surface area contributed by atoms with Gasteiger partial charge in [-0.1, -0.05) is 18.2 Å². The van der Waals surface area contributed by atoms with Crippen molar-refractivity contribution in [1.29, 1.82) is 0 Å². The number of nitrogens with zero attached hydrogens (tertiary/aromatic N) is 3. The van der Waals surface area contributed by atoms with Crippen molar-refractivity contribution in [3.63, 3.8) is 0 Å². The van der Waals surface area contributed by atoms with Crippen molar-refractivity contribution in [3.05, 3.63) is 53.6 Å². The smallest absolute Gasteiger partial charge is 0.231 e. The Labute approximate surface area is 222 Å². The van der Waals surface area contributed by atoms with Crippen LogP contribution < -0.4 is 35.9 Å². The molecule has 0 bridgehead atoms. The van der Waals surface area contributed by atoms with Crippen LogP contribution in [0, 0.1) is 0 Å². The molecule has 38 heavy (non-hydrogen) atoms. The minimum absolute atomic E-state index is 0.241. The lowest BCUT2D eigenvalue weighted by Crippen LogP contribution is -2.17. The molecule has 1 aromatic heterocycles. The summed E-state index contributed by atoms with van der Waals surface area (Å²) in [5.74, 6) is 3.68. The fourth-order valence-electron chi connectivity index (χ4n) is 3.60. The standard InChI is InChI=1S/C26H35N7O5/c1-34-21-5-2-19(3-6-21)8-10-28-24-31-25(29-11-13-36-15-14-35-12-9-27)33-26(32-24)30-17-20-4-7-22-23(16-20)38-18-37-22/h2-7,16H,8-15,17-18,27H2,1H3,(H3,28,29,30,31,32,33). The zero-order chi connectivity index (χ0) is 26.4. The summed E-state index contributed by atoms with van der Waals surface area (Å²) in [7, 11) is 1.66. The predicted molar refractivity (Wildman–Crippen MR) is 144 cm³/mol. The van der Waals surface area contributed by atoms with Crippen LogP contribution >= 0.6 is 0 Å². The Hall–Kier alpha value is -3.87. The van der Waals surface area contributed by atoms with Crippen LogP contribution in [0.25, 0.3) is 0 Å². The molecule has 0 amide bonds.